The van der Waals surface area contributed by atoms with E-state index in [4.69, 9.17) is 9.47 Å². The molecule has 0 aliphatic carbocycles. The van der Waals surface area contributed by atoms with Crippen LogP contribution in [-0.2, 0) is 14.8 Å². The van der Waals surface area contributed by atoms with Crippen molar-refractivity contribution in [2.24, 2.45) is 0 Å². The first-order valence-corrected chi connectivity index (χ1v) is 8.03. The zero-order valence-corrected chi connectivity index (χ0v) is 13.9. The lowest BCUT2D eigenvalue weighted by molar-refractivity contribution is 0.110. The number of ether oxygens (including phenoxy) is 2. The lowest BCUT2D eigenvalue weighted by atomic mass is 10.3. The van der Waals surface area contributed by atoms with Crippen molar-refractivity contribution in [3.05, 3.63) is 24.3 Å². The molecule has 0 saturated carbocycles. The van der Waals surface area contributed by atoms with Crippen LogP contribution >= 0.6 is 12.4 Å². The highest BCUT2D eigenvalue weighted by atomic mass is 35.5. The summed E-state index contributed by atoms with van der Waals surface area (Å²) in [5, 5.41) is 2.88. The third-order valence-electron chi connectivity index (χ3n) is 2.50. The fourth-order valence-corrected chi connectivity index (χ4v) is 2.50. The predicted molar refractivity (Wildman–Crippen MR) is 84.8 cm³/mol. The minimum Gasteiger partial charge on any atom is -0.491 e. The molecule has 1 aromatic carbocycles. The normalized spacial score (nSPS) is 11.0. The summed E-state index contributed by atoms with van der Waals surface area (Å²) in [6, 6.07) is 6.33. The maximum Gasteiger partial charge on any atom is 0.240 e. The molecule has 0 bridgehead atoms. The molecule has 21 heavy (non-hydrogen) atoms. The van der Waals surface area contributed by atoms with Gasteiger partial charge in [-0.3, -0.25) is 0 Å². The predicted octanol–water partition coefficient (Wildman–Crippen LogP) is 1.02. The average molecular weight is 339 g/mol. The smallest absolute Gasteiger partial charge is 0.240 e. The summed E-state index contributed by atoms with van der Waals surface area (Å²) in [6.45, 7) is 4.46. The van der Waals surface area contributed by atoms with E-state index in [1.54, 1.807) is 19.2 Å². The highest BCUT2D eigenvalue weighted by Crippen LogP contribution is 2.15. The SMILES string of the molecule is CCOCCOc1ccc(S(=O)(=O)NCCNC)cc1.Cl. The molecule has 0 atom stereocenters. The summed E-state index contributed by atoms with van der Waals surface area (Å²) >= 11 is 0. The number of hydrogen-bond acceptors (Lipinski definition) is 5. The van der Waals surface area contributed by atoms with Crippen LogP contribution in [0.15, 0.2) is 29.2 Å². The topological polar surface area (TPSA) is 76.7 Å². The van der Waals surface area contributed by atoms with Crippen molar-refractivity contribution in [1.82, 2.24) is 10.0 Å². The van der Waals surface area contributed by atoms with E-state index in [1.165, 1.54) is 12.1 Å². The maximum atomic E-state index is 11.9. The van der Waals surface area contributed by atoms with Gasteiger partial charge < -0.3 is 14.8 Å². The van der Waals surface area contributed by atoms with Gasteiger partial charge in [0.2, 0.25) is 10.0 Å². The summed E-state index contributed by atoms with van der Waals surface area (Å²) in [5.41, 5.74) is 0. The van der Waals surface area contributed by atoms with Crippen LogP contribution in [0.1, 0.15) is 6.92 Å². The van der Waals surface area contributed by atoms with Crippen molar-refractivity contribution in [2.45, 2.75) is 11.8 Å². The van der Waals surface area contributed by atoms with Crippen molar-refractivity contribution in [1.29, 1.82) is 0 Å². The van der Waals surface area contributed by atoms with E-state index in [9.17, 15) is 8.42 Å². The van der Waals surface area contributed by atoms with E-state index in [0.717, 1.165) is 0 Å². The lowest BCUT2D eigenvalue weighted by Crippen LogP contribution is -2.30. The van der Waals surface area contributed by atoms with Crippen LogP contribution in [0.5, 0.6) is 5.75 Å². The van der Waals surface area contributed by atoms with Crippen molar-refractivity contribution in [3.63, 3.8) is 0 Å². The van der Waals surface area contributed by atoms with Crippen molar-refractivity contribution in [2.75, 3.05) is 40.0 Å². The first kappa shape index (κ1) is 20.1. The molecule has 6 nitrogen and oxygen atoms in total. The van der Waals surface area contributed by atoms with Crippen molar-refractivity contribution < 1.29 is 17.9 Å². The van der Waals surface area contributed by atoms with Crippen LogP contribution in [-0.4, -0.2) is 48.4 Å². The van der Waals surface area contributed by atoms with Gasteiger partial charge in [0, 0.05) is 19.7 Å². The maximum absolute atomic E-state index is 11.9. The van der Waals surface area contributed by atoms with Crippen molar-refractivity contribution >= 4 is 22.4 Å². The van der Waals surface area contributed by atoms with Gasteiger partial charge >= 0.3 is 0 Å². The molecule has 0 saturated heterocycles. The summed E-state index contributed by atoms with van der Waals surface area (Å²) in [5.74, 6) is 0.624. The summed E-state index contributed by atoms with van der Waals surface area (Å²) < 4.78 is 36.9. The standard InChI is InChI=1S/C13H22N2O4S.ClH/c1-3-18-10-11-19-12-4-6-13(7-5-12)20(16,17)15-9-8-14-2;/h4-7,14-15H,3,8-11H2,1-2H3;1H. The molecule has 0 amide bonds. The zero-order valence-electron chi connectivity index (χ0n) is 12.3. The van der Waals surface area contributed by atoms with Crippen LogP contribution in [0.4, 0.5) is 0 Å². The van der Waals surface area contributed by atoms with Gasteiger partial charge in [0.1, 0.15) is 12.4 Å². The molecule has 1 rings (SSSR count). The van der Waals surface area contributed by atoms with Gasteiger partial charge in [0.15, 0.2) is 0 Å². The number of likely N-dealkylation sites (N-methyl/N-ethyl adjacent to an activating group) is 1. The minimum atomic E-state index is -3.45. The Kier molecular flexibility index (Phi) is 10.4. The average Bonchev–Trinajstić information content (AvgIpc) is 2.44. The van der Waals surface area contributed by atoms with Gasteiger partial charge in [-0.25, -0.2) is 13.1 Å². The van der Waals surface area contributed by atoms with Crippen LogP contribution in [0.2, 0.25) is 0 Å². The Morgan fingerprint density at radius 3 is 2.33 bits per heavy atom. The van der Waals surface area contributed by atoms with Crippen LogP contribution in [0.3, 0.4) is 0 Å². The van der Waals surface area contributed by atoms with E-state index in [-0.39, 0.29) is 17.3 Å². The fourth-order valence-electron chi connectivity index (χ4n) is 1.47. The summed E-state index contributed by atoms with van der Waals surface area (Å²) in [6.07, 6.45) is 0. The molecule has 0 aliphatic heterocycles. The molecule has 2 N–H and O–H groups in total. The number of halogens is 1. The molecular formula is C13H23ClN2O4S. The quantitative estimate of drug-likeness (QED) is 0.623. The molecule has 0 aliphatic rings. The molecule has 122 valence electrons. The lowest BCUT2D eigenvalue weighted by Gasteiger charge is -2.09. The third kappa shape index (κ3) is 7.63. The second-order valence-electron chi connectivity index (χ2n) is 4.02. The molecule has 0 spiro atoms. The van der Waals surface area contributed by atoms with Gasteiger partial charge in [0.25, 0.3) is 0 Å². The Hall–Kier alpha value is -0.860. The van der Waals surface area contributed by atoms with E-state index in [1.807, 2.05) is 6.92 Å². The Bertz CT molecular complexity index is 479. The second-order valence-corrected chi connectivity index (χ2v) is 5.79. The first-order valence-electron chi connectivity index (χ1n) is 6.55. The summed E-state index contributed by atoms with van der Waals surface area (Å²) in [7, 11) is -1.68. The summed E-state index contributed by atoms with van der Waals surface area (Å²) in [4.78, 5) is 0.228. The van der Waals surface area contributed by atoms with Gasteiger partial charge in [-0.15, -0.1) is 12.4 Å². The molecule has 1 aromatic rings. The van der Waals surface area contributed by atoms with Gasteiger partial charge in [-0.1, -0.05) is 0 Å². The number of benzene rings is 1. The van der Waals surface area contributed by atoms with E-state index in [0.29, 0.717) is 38.7 Å². The molecule has 0 aromatic heterocycles. The molecule has 0 radical (unpaired) electrons. The third-order valence-corrected chi connectivity index (χ3v) is 3.98. The second kappa shape index (κ2) is 10.8. The Labute approximate surface area is 132 Å². The molecule has 0 fully saturated rings. The molecule has 0 unspecified atom stereocenters. The Balaban J connectivity index is 0.00000400. The molecule has 8 heteroatoms. The van der Waals surface area contributed by atoms with Gasteiger partial charge in [-0.2, -0.15) is 0 Å². The zero-order chi connectivity index (χ0) is 14.8. The van der Waals surface area contributed by atoms with E-state index >= 15 is 0 Å². The Morgan fingerprint density at radius 1 is 1.10 bits per heavy atom. The van der Waals surface area contributed by atoms with Crippen LogP contribution in [0, 0.1) is 0 Å². The Morgan fingerprint density at radius 2 is 1.76 bits per heavy atom. The van der Waals surface area contributed by atoms with Gasteiger partial charge in [-0.05, 0) is 38.2 Å². The number of rotatable bonds is 10. The molecule has 0 heterocycles. The molecular weight excluding hydrogens is 316 g/mol. The number of nitrogens with one attached hydrogen (secondary N) is 2. The fraction of sp³-hybridized carbons (Fsp3) is 0.538. The monoisotopic (exact) mass is 338 g/mol. The number of sulfonamides is 1. The largest absolute Gasteiger partial charge is 0.491 e. The number of hydrogen-bond donors (Lipinski definition) is 2. The highest BCUT2D eigenvalue weighted by molar-refractivity contribution is 7.89. The van der Waals surface area contributed by atoms with Crippen LogP contribution < -0.4 is 14.8 Å². The minimum absolute atomic E-state index is 0. The highest BCUT2D eigenvalue weighted by Gasteiger charge is 2.12. The van der Waals surface area contributed by atoms with Crippen molar-refractivity contribution in [3.8, 4) is 5.75 Å². The van der Waals surface area contributed by atoms with E-state index in [2.05, 4.69) is 10.0 Å². The van der Waals surface area contributed by atoms with E-state index < -0.39 is 10.0 Å². The van der Waals surface area contributed by atoms with Crippen LogP contribution in [0.25, 0.3) is 0 Å². The van der Waals surface area contributed by atoms with Gasteiger partial charge in [0.05, 0.1) is 11.5 Å². The first-order chi connectivity index (χ1) is 9.60.